The highest BCUT2D eigenvalue weighted by atomic mass is 14.9. The van der Waals surface area contributed by atoms with Gasteiger partial charge in [-0.05, 0) is 20.3 Å². The first-order valence-corrected chi connectivity index (χ1v) is 5.23. The molecule has 0 aliphatic rings. The van der Waals surface area contributed by atoms with Gasteiger partial charge in [-0.2, -0.15) is 0 Å². The van der Waals surface area contributed by atoms with Crippen molar-refractivity contribution < 1.29 is 0 Å². The number of aryl methyl sites for hydroxylation is 1. The zero-order chi connectivity index (χ0) is 10.4. The highest BCUT2D eigenvalue weighted by molar-refractivity contribution is 5.00. The molecule has 1 atom stereocenters. The molecule has 0 aliphatic heterocycles. The molecule has 78 valence electrons. The van der Waals surface area contributed by atoms with Crippen molar-refractivity contribution >= 4 is 0 Å². The Morgan fingerprint density at radius 2 is 2.14 bits per heavy atom. The summed E-state index contributed by atoms with van der Waals surface area (Å²) in [4.78, 5) is 8.49. The molecular formula is C11H19N3. The lowest BCUT2D eigenvalue weighted by atomic mass is 10.2. The van der Waals surface area contributed by atoms with E-state index in [0.717, 1.165) is 17.9 Å². The number of nitrogens with zero attached hydrogens (tertiary/aromatic N) is 2. The zero-order valence-electron chi connectivity index (χ0n) is 9.25. The minimum atomic E-state index is 0.558. The van der Waals surface area contributed by atoms with Gasteiger partial charge in [0, 0.05) is 25.0 Å². The molecule has 0 spiro atoms. The first kappa shape index (κ1) is 11.1. The summed E-state index contributed by atoms with van der Waals surface area (Å²) in [6, 6.07) is 0.558. The normalized spacial score (nSPS) is 12.8. The van der Waals surface area contributed by atoms with E-state index in [4.69, 9.17) is 0 Å². The number of hydrogen-bond donors (Lipinski definition) is 1. The monoisotopic (exact) mass is 193 g/mol. The molecule has 14 heavy (non-hydrogen) atoms. The number of rotatable bonds is 5. The third kappa shape index (κ3) is 3.83. The summed E-state index contributed by atoms with van der Waals surface area (Å²) in [7, 11) is 0. The van der Waals surface area contributed by atoms with Gasteiger partial charge >= 0.3 is 0 Å². The maximum Gasteiger partial charge on any atom is 0.0724 e. The third-order valence-electron chi connectivity index (χ3n) is 2.19. The van der Waals surface area contributed by atoms with E-state index in [0.29, 0.717) is 6.04 Å². The van der Waals surface area contributed by atoms with Crippen LogP contribution in [0.5, 0.6) is 0 Å². The van der Waals surface area contributed by atoms with E-state index in [-0.39, 0.29) is 0 Å². The molecule has 3 heteroatoms. The summed E-state index contributed by atoms with van der Waals surface area (Å²) in [5.74, 6) is 0. The average Bonchev–Trinajstić information content (AvgIpc) is 2.17. The van der Waals surface area contributed by atoms with E-state index in [2.05, 4.69) is 29.1 Å². The molecule has 0 radical (unpaired) electrons. The van der Waals surface area contributed by atoms with Gasteiger partial charge in [-0.25, -0.2) is 0 Å². The fourth-order valence-corrected chi connectivity index (χ4v) is 1.32. The fraction of sp³-hybridized carbons (Fsp3) is 0.636. The van der Waals surface area contributed by atoms with Crippen LogP contribution in [0.15, 0.2) is 12.4 Å². The maximum absolute atomic E-state index is 4.29. The minimum Gasteiger partial charge on any atom is -0.309 e. The first-order valence-electron chi connectivity index (χ1n) is 5.23. The van der Waals surface area contributed by atoms with Gasteiger partial charge in [-0.15, -0.1) is 0 Å². The van der Waals surface area contributed by atoms with Gasteiger partial charge in [-0.1, -0.05) is 13.3 Å². The summed E-state index contributed by atoms with van der Waals surface area (Å²) in [5, 5.41) is 3.42. The zero-order valence-corrected chi connectivity index (χ0v) is 9.25. The molecule has 0 saturated carbocycles. The molecule has 1 N–H and O–H groups in total. The van der Waals surface area contributed by atoms with Gasteiger partial charge in [0.25, 0.3) is 0 Å². The molecule has 1 aromatic heterocycles. The highest BCUT2D eigenvalue weighted by Crippen LogP contribution is 1.98. The van der Waals surface area contributed by atoms with E-state index in [1.54, 1.807) is 0 Å². The second kappa shape index (κ2) is 5.70. The second-order valence-corrected chi connectivity index (χ2v) is 3.72. The van der Waals surface area contributed by atoms with Crippen molar-refractivity contribution in [3.63, 3.8) is 0 Å². The Balaban J connectivity index is 2.34. The van der Waals surface area contributed by atoms with E-state index in [1.807, 2.05) is 19.3 Å². The van der Waals surface area contributed by atoms with Crippen LogP contribution in [-0.4, -0.2) is 16.0 Å². The highest BCUT2D eigenvalue weighted by Gasteiger charge is 2.00. The van der Waals surface area contributed by atoms with Crippen LogP contribution in [0.2, 0.25) is 0 Å². The van der Waals surface area contributed by atoms with Crippen molar-refractivity contribution in [3.8, 4) is 0 Å². The lowest BCUT2D eigenvalue weighted by Crippen LogP contribution is -2.25. The maximum atomic E-state index is 4.29. The summed E-state index contributed by atoms with van der Waals surface area (Å²) < 4.78 is 0. The Hall–Kier alpha value is -0.960. The summed E-state index contributed by atoms with van der Waals surface area (Å²) in [6.07, 6.45) is 6.07. The van der Waals surface area contributed by atoms with Crippen LogP contribution >= 0.6 is 0 Å². The van der Waals surface area contributed by atoms with Gasteiger partial charge in [-0.3, -0.25) is 9.97 Å². The number of aromatic nitrogens is 2. The Labute approximate surface area is 86.0 Å². The largest absolute Gasteiger partial charge is 0.309 e. The predicted octanol–water partition coefficient (Wildman–Crippen LogP) is 2.06. The van der Waals surface area contributed by atoms with Crippen molar-refractivity contribution in [2.24, 2.45) is 0 Å². The van der Waals surface area contributed by atoms with Gasteiger partial charge in [0.05, 0.1) is 11.4 Å². The van der Waals surface area contributed by atoms with Crippen LogP contribution in [0, 0.1) is 6.92 Å². The molecular weight excluding hydrogens is 174 g/mol. The molecule has 1 unspecified atom stereocenters. The summed E-state index contributed by atoms with van der Waals surface area (Å²) >= 11 is 0. The molecule has 1 aromatic rings. The van der Waals surface area contributed by atoms with E-state index < -0.39 is 0 Å². The van der Waals surface area contributed by atoms with Crippen molar-refractivity contribution in [3.05, 3.63) is 23.8 Å². The predicted molar refractivity (Wildman–Crippen MR) is 58.0 cm³/mol. The van der Waals surface area contributed by atoms with E-state index in [1.165, 1.54) is 12.8 Å². The van der Waals surface area contributed by atoms with Crippen molar-refractivity contribution in [1.29, 1.82) is 0 Å². The SMILES string of the molecule is CCCC(C)NCc1cnc(C)cn1. The van der Waals surface area contributed by atoms with Gasteiger partial charge in [0.1, 0.15) is 0 Å². The Morgan fingerprint density at radius 3 is 2.71 bits per heavy atom. The molecule has 0 amide bonds. The number of hydrogen-bond acceptors (Lipinski definition) is 3. The molecule has 1 rings (SSSR count). The molecule has 0 fully saturated rings. The lowest BCUT2D eigenvalue weighted by Gasteiger charge is -2.11. The van der Waals surface area contributed by atoms with Crippen molar-refractivity contribution in [1.82, 2.24) is 15.3 Å². The summed E-state index contributed by atoms with van der Waals surface area (Å²) in [5.41, 5.74) is 1.98. The Bertz CT molecular complexity index is 256. The molecule has 3 nitrogen and oxygen atoms in total. The van der Waals surface area contributed by atoms with Crippen LogP contribution in [-0.2, 0) is 6.54 Å². The third-order valence-corrected chi connectivity index (χ3v) is 2.19. The average molecular weight is 193 g/mol. The number of nitrogens with one attached hydrogen (secondary N) is 1. The van der Waals surface area contributed by atoms with Crippen molar-refractivity contribution in [2.75, 3.05) is 0 Å². The molecule has 1 heterocycles. The van der Waals surface area contributed by atoms with Crippen LogP contribution in [0.25, 0.3) is 0 Å². The lowest BCUT2D eigenvalue weighted by molar-refractivity contribution is 0.503. The Morgan fingerprint density at radius 1 is 1.36 bits per heavy atom. The molecule has 0 aromatic carbocycles. The van der Waals surface area contributed by atoms with Crippen LogP contribution in [0.3, 0.4) is 0 Å². The van der Waals surface area contributed by atoms with E-state index in [9.17, 15) is 0 Å². The first-order chi connectivity index (χ1) is 6.72. The molecule has 0 aliphatic carbocycles. The van der Waals surface area contributed by atoms with Crippen LogP contribution in [0.1, 0.15) is 38.1 Å². The van der Waals surface area contributed by atoms with Crippen molar-refractivity contribution in [2.45, 2.75) is 46.2 Å². The van der Waals surface area contributed by atoms with E-state index >= 15 is 0 Å². The van der Waals surface area contributed by atoms with Crippen LogP contribution in [0.4, 0.5) is 0 Å². The Kier molecular flexibility index (Phi) is 4.53. The topological polar surface area (TPSA) is 37.8 Å². The van der Waals surface area contributed by atoms with Gasteiger partial charge in [0.2, 0.25) is 0 Å². The van der Waals surface area contributed by atoms with Crippen LogP contribution < -0.4 is 5.32 Å². The summed E-state index contributed by atoms with van der Waals surface area (Å²) in [6.45, 7) is 7.16. The molecule has 0 saturated heterocycles. The molecule has 0 bridgehead atoms. The minimum absolute atomic E-state index is 0.558. The fourth-order valence-electron chi connectivity index (χ4n) is 1.32. The smallest absolute Gasteiger partial charge is 0.0724 e. The second-order valence-electron chi connectivity index (χ2n) is 3.72. The quantitative estimate of drug-likeness (QED) is 0.778. The van der Waals surface area contributed by atoms with Gasteiger partial charge in [0.15, 0.2) is 0 Å². The standard InChI is InChI=1S/C11H19N3/c1-4-5-9(2)12-7-11-8-13-10(3)6-14-11/h6,8-9,12H,4-5,7H2,1-3H3. The van der Waals surface area contributed by atoms with Gasteiger partial charge < -0.3 is 5.32 Å².